The molecule has 118 valence electrons. The van der Waals surface area contributed by atoms with Gasteiger partial charge in [0, 0.05) is 31.2 Å². The van der Waals surface area contributed by atoms with Crippen LogP contribution in [0.15, 0.2) is 0 Å². The molecule has 2 rings (SSSR count). The summed E-state index contributed by atoms with van der Waals surface area (Å²) < 4.78 is 0. The average molecular weight is 281 g/mol. The molecule has 20 heavy (non-hydrogen) atoms. The molecule has 2 aliphatic heterocycles. The molecule has 3 nitrogen and oxygen atoms in total. The van der Waals surface area contributed by atoms with Gasteiger partial charge in [-0.3, -0.25) is 4.90 Å². The number of piperidine rings is 2. The molecular weight excluding hydrogens is 246 g/mol. The van der Waals surface area contributed by atoms with E-state index in [1.807, 2.05) is 0 Å². The summed E-state index contributed by atoms with van der Waals surface area (Å²) in [6, 6.07) is 0.855. The van der Waals surface area contributed by atoms with Gasteiger partial charge < -0.3 is 9.80 Å². The van der Waals surface area contributed by atoms with Crippen molar-refractivity contribution in [2.75, 3.05) is 46.8 Å². The Morgan fingerprint density at radius 2 is 1.45 bits per heavy atom. The lowest BCUT2D eigenvalue weighted by atomic mass is 9.92. The summed E-state index contributed by atoms with van der Waals surface area (Å²) in [4.78, 5) is 7.79. The third-order valence-electron chi connectivity index (χ3n) is 5.20. The molecule has 2 aliphatic rings. The molecule has 2 saturated heterocycles. The van der Waals surface area contributed by atoms with Gasteiger partial charge in [-0.1, -0.05) is 0 Å². The summed E-state index contributed by atoms with van der Waals surface area (Å²) >= 11 is 0. The van der Waals surface area contributed by atoms with E-state index in [0.717, 1.165) is 12.0 Å². The van der Waals surface area contributed by atoms with Gasteiger partial charge in [-0.05, 0) is 79.6 Å². The monoisotopic (exact) mass is 281 g/mol. The molecule has 0 unspecified atom stereocenters. The van der Waals surface area contributed by atoms with E-state index in [1.165, 1.54) is 58.4 Å². The molecule has 2 fully saturated rings. The van der Waals surface area contributed by atoms with Gasteiger partial charge in [-0.25, -0.2) is 0 Å². The highest BCUT2D eigenvalue weighted by molar-refractivity contribution is 4.87. The SMILES string of the molecule is CN(C)CC1CCN(C2CCN(C(C)(C)C)CC2)CC1. The van der Waals surface area contributed by atoms with Crippen LogP contribution < -0.4 is 0 Å². The van der Waals surface area contributed by atoms with Crippen LogP contribution >= 0.6 is 0 Å². The number of hydrogen-bond donors (Lipinski definition) is 0. The van der Waals surface area contributed by atoms with Crippen molar-refractivity contribution >= 4 is 0 Å². The first kappa shape index (κ1) is 16.3. The Kier molecular flexibility index (Phi) is 5.49. The number of nitrogens with zero attached hydrogens (tertiary/aromatic N) is 3. The summed E-state index contributed by atoms with van der Waals surface area (Å²) in [5.41, 5.74) is 0.351. The quantitative estimate of drug-likeness (QED) is 0.787. The van der Waals surface area contributed by atoms with Gasteiger partial charge >= 0.3 is 0 Å². The number of likely N-dealkylation sites (tertiary alicyclic amines) is 2. The van der Waals surface area contributed by atoms with Gasteiger partial charge in [0.2, 0.25) is 0 Å². The second kappa shape index (κ2) is 6.76. The molecule has 0 saturated carbocycles. The Bertz CT molecular complexity index is 279. The zero-order valence-electron chi connectivity index (χ0n) is 14.4. The van der Waals surface area contributed by atoms with Crippen molar-refractivity contribution in [1.29, 1.82) is 0 Å². The van der Waals surface area contributed by atoms with Gasteiger partial charge in [0.05, 0.1) is 0 Å². The molecule has 0 bridgehead atoms. The van der Waals surface area contributed by atoms with E-state index < -0.39 is 0 Å². The Morgan fingerprint density at radius 3 is 1.90 bits per heavy atom. The third kappa shape index (κ3) is 4.44. The lowest BCUT2D eigenvalue weighted by Gasteiger charge is -2.45. The van der Waals surface area contributed by atoms with Crippen LogP contribution in [0.2, 0.25) is 0 Å². The van der Waals surface area contributed by atoms with Crippen molar-refractivity contribution in [2.45, 2.75) is 58.0 Å². The lowest BCUT2D eigenvalue weighted by Crippen LogP contribution is -2.52. The smallest absolute Gasteiger partial charge is 0.0125 e. The van der Waals surface area contributed by atoms with Crippen molar-refractivity contribution in [3.63, 3.8) is 0 Å². The minimum atomic E-state index is 0.351. The average Bonchev–Trinajstić information content (AvgIpc) is 2.38. The highest BCUT2D eigenvalue weighted by Gasteiger charge is 2.31. The van der Waals surface area contributed by atoms with E-state index in [2.05, 4.69) is 49.6 Å². The molecule has 0 aromatic rings. The minimum Gasteiger partial charge on any atom is -0.309 e. The first-order chi connectivity index (χ1) is 9.36. The second-order valence-electron chi connectivity index (χ2n) is 8.13. The van der Waals surface area contributed by atoms with Gasteiger partial charge in [-0.2, -0.15) is 0 Å². The third-order valence-corrected chi connectivity index (χ3v) is 5.20. The Balaban J connectivity index is 1.73. The fourth-order valence-corrected chi connectivity index (χ4v) is 3.92. The topological polar surface area (TPSA) is 9.72 Å². The van der Waals surface area contributed by atoms with Crippen molar-refractivity contribution in [3.05, 3.63) is 0 Å². The summed E-state index contributed by atoms with van der Waals surface area (Å²) in [7, 11) is 4.41. The van der Waals surface area contributed by atoms with Gasteiger partial charge in [0.1, 0.15) is 0 Å². The maximum absolute atomic E-state index is 2.78. The van der Waals surface area contributed by atoms with Crippen LogP contribution in [0.25, 0.3) is 0 Å². The van der Waals surface area contributed by atoms with Crippen LogP contribution in [0.1, 0.15) is 46.5 Å². The first-order valence-electron chi connectivity index (χ1n) is 8.50. The standard InChI is InChI=1S/C17H35N3/c1-17(2,3)20-12-8-16(9-13-20)19-10-6-15(7-11-19)14-18(4)5/h15-16H,6-14H2,1-5H3. The van der Waals surface area contributed by atoms with E-state index in [1.54, 1.807) is 0 Å². The molecule has 0 aromatic carbocycles. The summed E-state index contributed by atoms with van der Waals surface area (Å²) in [5, 5.41) is 0. The van der Waals surface area contributed by atoms with Crippen LogP contribution in [0.5, 0.6) is 0 Å². The summed E-state index contributed by atoms with van der Waals surface area (Å²) in [6.45, 7) is 13.5. The molecule has 0 spiro atoms. The molecule has 2 heterocycles. The lowest BCUT2D eigenvalue weighted by molar-refractivity contribution is 0.0395. The van der Waals surface area contributed by atoms with Gasteiger partial charge in [0.25, 0.3) is 0 Å². The predicted octanol–water partition coefficient (Wildman–Crippen LogP) is 2.52. The molecule has 0 aromatic heterocycles. The van der Waals surface area contributed by atoms with E-state index in [4.69, 9.17) is 0 Å². The van der Waals surface area contributed by atoms with E-state index in [-0.39, 0.29) is 0 Å². The molecule has 0 aliphatic carbocycles. The van der Waals surface area contributed by atoms with Crippen LogP contribution in [0, 0.1) is 5.92 Å². The van der Waals surface area contributed by atoms with Crippen LogP contribution in [-0.4, -0.2) is 73.1 Å². The van der Waals surface area contributed by atoms with Crippen molar-refractivity contribution in [1.82, 2.24) is 14.7 Å². The number of rotatable bonds is 3. The van der Waals surface area contributed by atoms with E-state index in [9.17, 15) is 0 Å². The molecule has 0 N–H and O–H groups in total. The highest BCUT2D eigenvalue weighted by atomic mass is 15.2. The van der Waals surface area contributed by atoms with Crippen LogP contribution in [-0.2, 0) is 0 Å². The normalized spacial score (nSPS) is 25.5. The largest absolute Gasteiger partial charge is 0.309 e. The predicted molar refractivity (Wildman–Crippen MR) is 87.2 cm³/mol. The van der Waals surface area contributed by atoms with Crippen LogP contribution in [0.4, 0.5) is 0 Å². The zero-order chi connectivity index (χ0) is 14.8. The summed E-state index contributed by atoms with van der Waals surface area (Å²) in [5.74, 6) is 0.927. The van der Waals surface area contributed by atoms with E-state index in [0.29, 0.717) is 5.54 Å². The Morgan fingerprint density at radius 1 is 0.900 bits per heavy atom. The first-order valence-corrected chi connectivity index (χ1v) is 8.50. The maximum atomic E-state index is 2.78. The zero-order valence-corrected chi connectivity index (χ0v) is 14.4. The molecule has 3 heteroatoms. The van der Waals surface area contributed by atoms with Gasteiger partial charge in [0.15, 0.2) is 0 Å². The molecular formula is C17H35N3. The van der Waals surface area contributed by atoms with Crippen molar-refractivity contribution in [2.24, 2.45) is 5.92 Å². The molecule has 0 amide bonds. The fraction of sp³-hybridized carbons (Fsp3) is 1.00. The number of hydrogen-bond acceptors (Lipinski definition) is 3. The maximum Gasteiger partial charge on any atom is 0.0125 e. The highest BCUT2D eigenvalue weighted by Crippen LogP contribution is 2.26. The minimum absolute atomic E-state index is 0.351. The summed E-state index contributed by atoms with van der Waals surface area (Å²) in [6.07, 6.45) is 5.54. The van der Waals surface area contributed by atoms with Crippen molar-refractivity contribution in [3.8, 4) is 0 Å². The van der Waals surface area contributed by atoms with Gasteiger partial charge in [-0.15, -0.1) is 0 Å². The van der Waals surface area contributed by atoms with E-state index >= 15 is 0 Å². The molecule has 0 atom stereocenters. The van der Waals surface area contributed by atoms with Crippen molar-refractivity contribution < 1.29 is 0 Å². The Hall–Kier alpha value is -0.120. The Labute approximate surface area is 126 Å². The van der Waals surface area contributed by atoms with Crippen LogP contribution in [0.3, 0.4) is 0 Å². The molecule has 0 radical (unpaired) electrons. The fourth-order valence-electron chi connectivity index (χ4n) is 3.92. The second-order valence-corrected chi connectivity index (χ2v) is 8.13.